The van der Waals surface area contributed by atoms with Crippen LogP contribution in [0.15, 0.2) is 30.3 Å². The first kappa shape index (κ1) is 14.5. The van der Waals surface area contributed by atoms with Crippen molar-refractivity contribution < 1.29 is 15.3 Å². The van der Waals surface area contributed by atoms with E-state index in [1.807, 2.05) is 18.2 Å². The summed E-state index contributed by atoms with van der Waals surface area (Å²) >= 11 is 0. The molecular weight excluding hydrogens is 290 g/mol. The molecule has 23 heavy (non-hydrogen) atoms. The molecule has 0 heterocycles. The number of aliphatic hydroxyl groups is 2. The average molecular weight is 309 g/mol. The highest BCUT2D eigenvalue weighted by atomic mass is 16.3. The Morgan fingerprint density at radius 1 is 1.26 bits per heavy atom. The van der Waals surface area contributed by atoms with Crippen LogP contribution in [0, 0.1) is 17.2 Å². The van der Waals surface area contributed by atoms with Gasteiger partial charge in [0, 0.05) is 0 Å². The lowest BCUT2D eigenvalue weighted by Gasteiger charge is -2.36. The lowest BCUT2D eigenvalue weighted by Crippen LogP contribution is -2.44. The van der Waals surface area contributed by atoms with Crippen LogP contribution >= 0.6 is 0 Å². The third kappa shape index (κ3) is 1.97. The molecule has 4 heteroatoms. The maximum atomic E-state index is 10.8. The number of hydrogen-bond donors (Lipinski definition) is 3. The van der Waals surface area contributed by atoms with Gasteiger partial charge in [-0.1, -0.05) is 18.2 Å². The molecule has 0 amide bonds. The highest BCUT2D eigenvalue weighted by Gasteiger charge is 2.55. The zero-order chi connectivity index (χ0) is 16.2. The smallest absolute Gasteiger partial charge is 0.116 e. The summed E-state index contributed by atoms with van der Waals surface area (Å²) in [4.78, 5) is 0. The van der Waals surface area contributed by atoms with Crippen molar-refractivity contribution >= 4 is 10.8 Å². The molecule has 2 aromatic carbocycles. The van der Waals surface area contributed by atoms with Crippen molar-refractivity contribution in [2.75, 3.05) is 0 Å². The Hall–Kier alpha value is -2.09. The van der Waals surface area contributed by atoms with E-state index in [0.717, 1.165) is 23.6 Å². The molecule has 4 unspecified atom stereocenters. The number of nitrogens with zero attached hydrogens (tertiary/aromatic N) is 1. The number of nitriles is 1. The first-order chi connectivity index (χ1) is 11.0. The van der Waals surface area contributed by atoms with Gasteiger partial charge in [-0.15, -0.1) is 0 Å². The van der Waals surface area contributed by atoms with Crippen LogP contribution in [0.1, 0.15) is 36.3 Å². The summed E-state index contributed by atoms with van der Waals surface area (Å²) in [5, 5.41) is 42.0. The van der Waals surface area contributed by atoms with E-state index < -0.39 is 11.7 Å². The SMILES string of the molecule is N#CCC1(O)C(O)CC2c3ccc4cc(O)ccc4c3CCC21. The molecule has 0 aromatic heterocycles. The van der Waals surface area contributed by atoms with Crippen molar-refractivity contribution in [1.82, 2.24) is 0 Å². The number of aryl methyl sites for hydroxylation is 1. The van der Waals surface area contributed by atoms with E-state index >= 15 is 0 Å². The highest BCUT2D eigenvalue weighted by Crippen LogP contribution is 2.54. The van der Waals surface area contributed by atoms with Gasteiger partial charge in [-0.3, -0.25) is 0 Å². The van der Waals surface area contributed by atoms with E-state index in [-0.39, 0.29) is 24.0 Å². The number of phenols is 1. The normalized spacial score (nSPS) is 32.3. The number of aromatic hydroxyl groups is 1. The fraction of sp³-hybridized carbons (Fsp3) is 0.421. The van der Waals surface area contributed by atoms with E-state index in [9.17, 15) is 15.3 Å². The lowest BCUT2D eigenvalue weighted by atomic mass is 9.71. The Morgan fingerprint density at radius 2 is 2.09 bits per heavy atom. The Morgan fingerprint density at radius 3 is 2.87 bits per heavy atom. The number of rotatable bonds is 1. The molecule has 1 fully saturated rings. The van der Waals surface area contributed by atoms with Gasteiger partial charge in [-0.25, -0.2) is 0 Å². The minimum atomic E-state index is -1.29. The molecule has 1 saturated carbocycles. The number of hydrogen-bond acceptors (Lipinski definition) is 4. The summed E-state index contributed by atoms with van der Waals surface area (Å²) in [5.74, 6) is 0.273. The summed E-state index contributed by atoms with van der Waals surface area (Å²) in [6.07, 6.45) is 1.22. The minimum absolute atomic E-state index is 0.0217. The molecule has 0 spiro atoms. The van der Waals surface area contributed by atoms with Crippen LogP contribution in [0.5, 0.6) is 5.75 Å². The van der Waals surface area contributed by atoms with E-state index in [1.54, 1.807) is 12.1 Å². The zero-order valence-corrected chi connectivity index (χ0v) is 12.7. The van der Waals surface area contributed by atoms with E-state index in [2.05, 4.69) is 6.07 Å². The number of benzene rings is 2. The van der Waals surface area contributed by atoms with E-state index in [1.165, 1.54) is 11.1 Å². The van der Waals surface area contributed by atoms with Crippen LogP contribution in [0.3, 0.4) is 0 Å². The Labute approximate surface area is 134 Å². The zero-order valence-electron chi connectivity index (χ0n) is 12.7. The summed E-state index contributed by atoms with van der Waals surface area (Å²) in [5.41, 5.74) is 1.13. The van der Waals surface area contributed by atoms with Crippen LogP contribution in [0.2, 0.25) is 0 Å². The first-order valence-electron chi connectivity index (χ1n) is 8.06. The largest absolute Gasteiger partial charge is 0.508 e. The molecule has 0 radical (unpaired) electrons. The number of phenolic OH excluding ortho intramolecular Hbond substituents is 1. The van der Waals surface area contributed by atoms with Crippen molar-refractivity contribution in [3.05, 3.63) is 41.5 Å². The van der Waals surface area contributed by atoms with Gasteiger partial charge in [-0.05, 0) is 65.1 Å². The standard InChI is InChI=1S/C19H19NO3/c20-8-7-19(23)17-6-5-14-13-4-2-12(21)9-11(13)1-3-15(14)16(17)10-18(19)22/h1-4,9,16-18,21-23H,5-7,10H2. The Bertz CT molecular complexity index is 825. The molecule has 0 bridgehead atoms. The molecule has 2 aliphatic carbocycles. The molecule has 2 aliphatic rings. The molecule has 2 aromatic rings. The minimum Gasteiger partial charge on any atom is -0.508 e. The van der Waals surface area contributed by atoms with Gasteiger partial charge in [0.05, 0.1) is 18.6 Å². The molecule has 4 rings (SSSR count). The average Bonchev–Trinajstić information content (AvgIpc) is 2.78. The van der Waals surface area contributed by atoms with Gasteiger partial charge in [0.25, 0.3) is 0 Å². The van der Waals surface area contributed by atoms with Crippen LogP contribution in [-0.2, 0) is 6.42 Å². The van der Waals surface area contributed by atoms with E-state index in [4.69, 9.17) is 5.26 Å². The predicted molar refractivity (Wildman–Crippen MR) is 86.0 cm³/mol. The second kappa shape index (κ2) is 4.95. The topological polar surface area (TPSA) is 84.5 Å². The third-order valence-corrected chi connectivity index (χ3v) is 5.80. The van der Waals surface area contributed by atoms with Gasteiger partial charge in [0.15, 0.2) is 0 Å². The van der Waals surface area contributed by atoms with Crippen molar-refractivity contribution in [2.24, 2.45) is 5.92 Å². The van der Waals surface area contributed by atoms with Crippen molar-refractivity contribution in [1.29, 1.82) is 5.26 Å². The predicted octanol–water partition coefficient (Wildman–Crippen LogP) is 2.60. The quantitative estimate of drug-likeness (QED) is 0.756. The van der Waals surface area contributed by atoms with Crippen molar-refractivity contribution in [3.8, 4) is 11.8 Å². The van der Waals surface area contributed by atoms with Crippen LogP contribution in [0.25, 0.3) is 10.8 Å². The van der Waals surface area contributed by atoms with Crippen LogP contribution in [-0.4, -0.2) is 27.0 Å². The van der Waals surface area contributed by atoms with Crippen LogP contribution in [0.4, 0.5) is 0 Å². The molecule has 0 aliphatic heterocycles. The highest BCUT2D eigenvalue weighted by molar-refractivity contribution is 5.88. The van der Waals surface area contributed by atoms with Gasteiger partial charge in [-0.2, -0.15) is 5.26 Å². The van der Waals surface area contributed by atoms with Gasteiger partial charge < -0.3 is 15.3 Å². The fourth-order valence-corrected chi connectivity index (χ4v) is 4.70. The first-order valence-corrected chi connectivity index (χ1v) is 8.06. The number of fused-ring (bicyclic) bond motifs is 5. The summed E-state index contributed by atoms with van der Waals surface area (Å²) in [6, 6.07) is 11.5. The Kier molecular flexibility index (Phi) is 3.12. The fourth-order valence-electron chi connectivity index (χ4n) is 4.70. The van der Waals surface area contributed by atoms with Gasteiger partial charge >= 0.3 is 0 Å². The third-order valence-electron chi connectivity index (χ3n) is 5.80. The number of aliphatic hydroxyl groups excluding tert-OH is 1. The van der Waals surface area contributed by atoms with Crippen molar-refractivity contribution in [3.63, 3.8) is 0 Å². The maximum Gasteiger partial charge on any atom is 0.116 e. The molecule has 4 nitrogen and oxygen atoms in total. The summed E-state index contributed by atoms with van der Waals surface area (Å²) in [6.45, 7) is 0. The monoisotopic (exact) mass is 309 g/mol. The van der Waals surface area contributed by atoms with E-state index in [0.29, 0.717) is 6.42 Å². The van der Waals surface area contributed by atoms with Crippen LogP contribution < -0.4 is 0 Å². The molecule has 0 saturated heterocycles. The summed E-state index contributed by atoms with van der Waals surface area (Å²) < 4.78 is 0. The molecule has 3 N–H and O–H groups in total. The summed E-state index contributed by atoms with van der Waals surface area (Å²) in [7, 11) is 0. The Balaban J connectivity index is 1.83. The van der Waals surface area contributed by atoms with Gasteiger partial charge in [0.2, 0.25) is 0 Å². The molecule has 4 atom stereocenters. The lowest BCUT2D eigenvalue weighted by molar-refractivity contribution is -0.0803. The second-order valence-corrected chi connectivity index (χ2v) is 6.87. The molecule has 118 valence electrons. The van der Waals surface area contributed by atoms with Crippen molar-refractivity contribution in [2.45, 2.75) is 43.3 Å². The van der Waals surface area contributed by atoms with Gasteiger partial charge in [0.1, 0.15) is 11.4 Å². The molecular formula is C19H19NO3. The second-order valence-electron chi connectivity index (χ2n) is 6.87. The maximum absolute atomic E-state index is 10.8.